The van der Waals surface area contributed by atoms with Crippen molar-refractivity contribution < 1.29 is 9.84 Å². The SMILES string of the molecule is COCn1ccnc1CO. The number of aliphatic hydroxyl groups is 1. The number of methoxy groups -OCH3 is 1. The Morgan fingerprint density at radius 2 is 2.60 bits per heavy atom. The fraction of sp³-hybridized carbons (Fsp3) is 0.500. The molecule has 0 fully saturated rings. The van der Waals surface area contributed by atoms with Gasteiger partial charge in [-0.1, -0.05) is 0 Å². The van der Waals surface area contributed by atoms with Gasteiger partial charge >= 0.3 is 0 Å². The lowest BCUT2D eigenvalue weighted by Gasteiger charge is -2.02. The Labute approximate surface area is 59.1 Å². The summed E-state index contributed by atoms with van der Waals surface area (Å²) in [4.78, 5) is 3.89. The molecular weight excluding hydrogens is 132 g/mol. The topological polar surface area (TPSA) is 47.3 Å². The number of rotatable bonds is 3. The Kier molecular flexibility index (Phi) is 2.42. The lowest BCUT2D eigenvalue weighted by Crippen LogP contribution is -2.03. The molecule has 10 heavy (non-hydrogen) atoms. The van der Waals surface area contributed by atoms with Crippen LogP contribution < -0.4 is 0 Å². The molecule has 4 heteroatoms. The lowest BCUT2D eigenvalue weighted by atomic mass is 10.6. The molecule has 1 heterocycles. The molecule has 0 unspecified atom stereocenters. The predicted molar refractivity (Wildman–Crippen MR) is 35.2 cm³/mol. The van der Waals surface area contributed by atoms with E-state index < -0.39 is 0 Å². The normalized spacial score (nSPS) is 10.2. The van der Waals surface area contributed by atoms with E-state index in [4.69, 9.17) is 9.84 Å². The van der Waals surface area contributed by atoms with Crippen LogP contribution in [0.15, 0.2) is 12.4 Å². The molecule has 0 bridgehead atoms. The number of imidazole rings is 1. The summed E-state index contributed by atoms with van der Waals surface area (Å²) in [6.45, 7) is 0.395. The molecule has 1 aromatic heterocycles. The molecule has 1 N–H and O–H groups in total. The minimum absolute atomic E-state index is 0.0453. The van der Waals surface area contributed by atoms with E-state index in [0.29, 0.717) is 12.6 Å². The minimum atomic E-state index is -0.0453. The second-order valence-electron chi connectivity index (χ2n) is 1.89. The van der Waals surface area contributed by atoms with Gasteiger partial charge in [-0.3, -0.25) is 0 Å². The van der Waals surface area contributed by atoms with Crippen LogP contribution in [-0.2, 0) is 18.1 Å². The molecule has 0 aliphatic carbocycles. The van der Waals surface area contributed by atoms with E-state index in [1.807, 2.05) is 0 Å². The second kappa shape index (κ2) is 3.34. The highest BCUT2D eigenvalue weighted by Crippen LogP contribution is 1.96. The number of ether oxygens (including phenoxy) is 1. The van der Waals surface area contributed by atoms with Crippen molar-refractivity contribution in [3.05, 3.63) is 18.2 Å². The first-order chi connectivity index (χ1) is 4.88. The van der Waals surface area contributed by atoms with Gasteiger partial charge in [0.1, 0.15) is 19.2 Å². The van der Waals surface area contributed by atoms with Crippen LogP contribution in [0.4, 0.5) is 0 Å². The quantitative estimate of drug-likeness (QED) is 0.645. The van der Waals surface area contributed by atoms with Crippen molar-refractivity contribution in [2.24, 2.45) is 0 Å². The van der Waals surface area contributed by atoms with Crippen LogP contribution in [0.2, 0.25) is 0 Å². The van der Waals surface area contributed by atoms with E-state index >= 15 is 0 Å². The van der Waals surface area contributed by atoms with Gasteiger partial charge < -0.3 is 14.4 Å². The molecule has 1 aromatic rings. The van der Waals surface area contributed by atoms with Crippen molar-refractivity contribution >= 4 is 0 Å². The summed E-state index contributed by atoms with van der Waals surface area (Å²) in [6.07, 6.45) is 3.39. The molecular formula is C6H10N2O2. The third kappa shape index (κ3) is 1.34. The Balaban J connectivity index is 2.70. The molecule has 56 valence electrons. The highest BCUT2D eigenvalue weighted by molar-refractivity contribution is 4.88. The zero-order valence-electron chi connectivity index (χ0n) is 5.82. The summed E-state index contributed by atoms with van der Waals surface area (Å²) in [6, 6.07) is 0. The molecule has 0 saturated heterocycles. The summed E-state index contributed by atoms with van der Waals surface area (Å²) in [7, 11) is 1.60. The molecule has 0 amide bonds. The molecule has 4 nitrogen and oxygen atoms in total. The van der Waals surface area contributed by atoms with Gasteiger partial charge in [0.15, 0.2) is 0 Å². The third-order valence-electron chi connectivity index (χ3n) is 1.21. The lowest BCUT2D eigenvalue weighted by molar-refractivity contribution is 0.123. The van der Waals surface area contributed by atoms with E-state index in [2.05, 4.69) is 4.98 Å². The van der Waals surface area contributed by atoms with Gasteiger partial charge in [0.05, 0.1) is 0 Å². The smallest absolute Gasteiger partial charge is 0.136 e. The van der Waals surface area contributed by atoms with E-state index in [-0.39, 0.29) is 6.61 Å². The predicted octanol–water partition coefficient (Wildman–Crippen LogP) is -0.0207. The van der Waals surface area contributed by atoms with Gasteiger partial charge in [-0.15, -0.1) is 0 Å². The van der Waals surface area contributed by atoms with Gasteiger partial charge in [0.25, 0.3) is 0 Å². The number of aromatic nitrogens is 2. The van der Waals surface area contributed by atoms with Crippen LogP contribution in [0.3, 0.4) is 0 Å². The van der Waals surface area contributed by atoms with Crippen molar-refractivity contribution in [1.29, 1.82) is 0 Å². The van der Waals surface area contributed by atoms with Crippen LogP contribution in [0.5, 0.6) is 0 Å². The molecule has 1 rings (SSSR count). The Hall–Kier alpha value is -0.870. The van der Waals surface area contributed by atoms with Crippen LogP contribution >= 0.6 is 0 Å². The first kappa shape index (κ1) is 7.24. The average molecular weight is 142 g/mol. The summed E-state index contributed by atoms with van der Waals surface area (Å²) >= 11 is 0. The number of hydrogen-bond donors (Lipinski definition) is 1. The molecule has 0 aliphatic heterocycles. The van der Waals surface area contributed by atoms with Crippen LogP contribution in [0.1, 0.15) is 5.82 Å². The largest absolute Gasteiger partial charge is 0.388 e. The third-order valence-corrected chi connectivity index (χ3v) is 1.21. The Morgan fingerprint density at radius 1 is 1.80 bits per heavy atom. The first-order valence-corrected chi connectivity index (χ1v) is 2.98. The fourth-order valence-corrected chi connectivity index (χ4v) is 0.748. The van der Waals surface area contributed by atoms with Crippen molar-refractivity contribution in [2.75, 3.05) is 7.11 Å². The van der Waals surface area contributed by atoms with E-state index in [1.54, 1.807) is 24.1 Å². The van der Waals surface area contributed by atoms with Crippen LogP contribution in [0.25, 0.3) is 0 Å². The number of aliphatic hydroxyl groups excluding tert-OH is 1. The van der Waals surface area contributed by atoms with Crippen LogP contribution in [0, 0.1) is 0 Å². The average Bonchev–Trinajstić information content (AvgIpc) is 2.36. The number of nitrogens with zero attached hydrogens (tertiary/aromatic N) is 2. The van der Waals surface area contributed by atoms with Gasteiger partial charge in [-0.2, -0.15) is 0 Å². The summed E-state index contributed by atoms with van der Waals surface area (Å²) in [5, 5.41) is 8.70. The van der Waals surface area contributed by atoms with Gasteiger partial charge in [-0.05, 0) is 0 Å². The monoisotopic (exact) mass is 142 g/mol. The van der Waals surface area contributed by atoms with E-state index in [0.717, 1.165) is 0 Å². The van der Waals surface area contributed by atoms with E-state index in [1.165, 1.54) is 0 Å². The second-order valence-corrected chi connectivity index (χ2v) is 1.89. The molecule has 0 aliphatic rings. The zero-order valence-corrected chi connectivity index (χ0v) is 5.82. The van der Waals surface area contributed by atoms with Gasteiger partial charge in [0, 0.05) is 19.5 Å². The summed E-state index contributed by atoms with van der Waals surface area (Å²) in [5.74, 6) is 0.627. The fourth-order valence-electron chi connectivity index (χ4n) is 0.748. The molecule has 0 atom stereocenters. The maximum absolute atomic E-state index is 8.70. The van der Waals surface area contributed by atoms with Crippen LogP contribution in [-0.4, -0.2) is 21.8 Å². The van der Waals surface area contributed by atoms with Gasteiger partial charge in [-0.25, -0.2) is 4.98 Å². The molecule has 0 radical (unpaired) electrons. The van der Waals surface area contributed by atoms with E-state index in [9.17, 15) is 0 Å². The Bertz CT molecular complexity index is 197. The first-order valence-electron chi connectivity index (χ1n) is 2.98. The van der Waals surface area contributed by atoms with Crippen molar-refractivity contribution in [3.8, 4) is 0 Å². The van der Waals surface area contributed by atoms with Crippen molar-refractivity contribution in [1.82, 2.24) is 9.55 Å². The minimum Gasteiger partial charge on any atom is -0.388 e. The standard InChI is InChI=1S/C6H10N2O2/c1-10-5-8-3-2-7-6(8)4-9/h2-3,9H,4-5H2,1H3. The summed E-state index contributed by atoms with van der Waals surface area (Å²) < 4.78 is 6.58. The van der Waals surface area contributed by atoms with Crippen molar-refractivity contribution in [2.45, 2.75) is 13.3 Å². The van der Waals surface area contributed by atoms with Crippen molar-refractivity contribution in [3.63, 3.8) is 0 Å². The number of hydrogen-bond acceptors (Lipinski definition) is 3. The molecule has 0 spiro atoms. The maximum atomic E-state index is 8.70. The maximum Gasteiger partial charge on any atom is 0.136 e. The molecule has 0 saturated carbocycles. The summed E-state index contributed by atoms with van der Waals surface area (Å²) in [5.41, 5.74) is 0. The Morgan fingerprint density at radius 3 is 3.20 bits per heavy atom. The van der Waals surface area contributed by atoms with Gasteiger partial charge in [0.2, 0.25) is 0 Å². The molecule has 0 aromatic carbocycles. The highest BCUT2D eigenvalue weighted by atomic mass is 16.5. The highest BCUT2D eigenvalue weighted by Gasteiger charge is 1.97. The zero-order chi connectivity index (χ0) is 7.40.